The highest BCUT2D eigenvalue weighted by Crippen LogP contribution is 2.66. The minimum absolute atomic E-state index is 0.0575. The highest BCUT2D eigenvalue weighted by molar-refractivity contribution is 5.95. The lowest BCUT2D eigenvalue weighted by Crippen LogP contribution is -2.54. The molecule has 0 amide bonds. The topological polar surface area (TPSA) is 83.5 Å². The molecule has 0 bridgehead atoms. The van der Waals surface area contributed by atoms with Crippen LogP contribution in [0.4, 0.5) is 0 Å². The maximum absolute atomic E-state index is 12.2. The van der Waals surface area contributed by atoms with Gasteiger partial charge >= 0.3 is 5.97 Å². The molecule has 7 atom stereocenters. The summed E-state index contributed by atoms with van der Waals surface area (Å²) in [7, 11) is 0. The number of fused-ring (bicyclic) bond motifs is 5. The summed E-state index contributed by atoms with van der Waals surface area (Å²) in [5, 5.41) is 10.6. The molecule has 0 heterocycles. The summed E-state index contributed by atoms with van der Waals surface area (Å²) in [4.78, 5) is 34.8. The number of aliphatic carboxylic acids is 1. The summed E-state index contributed by atoms with van der Waals surface area (Å²) in [5.74, 6) is 1.14. The lowest BCUT2D eigenvalue weighted by Gasteiger charge is -2.60. The Bertz CT molecular complexity index is 770. The van der Waals surface area contributed by atoms with E-state index in [1.54, 1.807) is 6.92 Å². The van der Waals surface area contributed by atoms with E-state index in [1.165, 1.54) is 12.8 Å². The number of rotatable bonds is 5. The molecule has 0 aliphatic heterocycles. The van der Waals surface area contributed by atoms with Crippen molar-refractivity contribution in [2.24, 2.45) is 34.5 Å². The van der Waals surface area contributed by atoms with Gasteiger partial charge in [-0.25, -0.2) is 0 Å². The normalized spacial score (nSPS) is 42.4. The van der Waals surface area contributed by atoms with E-state index in [4.69, 9.17) is 4.74 Å². The van der Waals surface area contributed by atoms with Crippen LogP contribution in [0.2, 0.25) is 0 Å². The van der Waals surface area contributed by atoms with E-state index in [9.17, 15) is 19.5 Å². The number of carbonyl (C=O) groups excluding carboxylic acids is 3. The van der Waals surface area contributed by atoms with E-state index in [0.717, 1.165) is 44.1 Å². The fourth-order valence-electron chi connectivity index (χ4n) is 7.89. The molecule has 0 N–H and O–H groups in total. The number of hydrogen-bond donors (Lipinski definition) is 0. The molecule has 5 heteroatoms. The van der Waals surface area contributed by atoms with Crippen LogP contribution >= 0.6 is 0 Å². The number of hydrogen-bond acceptors (Lipinski definition) is 5. The van der Waals surface area contributed by atoms with Crippen molar-refractivity contribution in [3.8, 4) is 0 Å². The van der Waals surface area contributed by atoms with Gasteiger partial charge in [-0.1, -0.05) is 19.9 Å². The Morgan fingerprint density at radius 3 is 2.53 bits per heavy atom. The van der Waals surface area contributed by atoms with Crippen molar-refractivity contribution in [2.45, 2.75) is 91.1 Å². The van der Waals surface area contributed by atoms with Crippen LogP contribution in [0.15, 0.2) is 11.6 Å². The maximum atomic E-state index is 12.2. The summed E-state index contributed by atoms with van der Waals surface area (Å²) in [6.07, 6.45) is 10.3. The van der Waals surface area contributed by atoms with Crippen molar-refractivity contribution in [3.63, 3.8) is 0 Å². The Labute approximate surface area is 179 Å². The van der Waals surface area contributed by atoms with Gasteiger partial charge in [0, 0.05) is 5.97 Å². The number of ether oxygens (including phenoxy) is 1. The molecule has 0 saturated heterocycles. The van der Waals surface area contributed by atoms with Crippen molar-refractivity contribution in [3.05, 3.63) is 11.6 Å². The molecular formula is C25H35O5-. The van der Waals surface area contributed by atoms with Crippen LogP contribution in [0.1, 0.15) is 85.0 Å². The first kappa shape index (κ1) is 21.6. The highest BCUT2D eigenvalue weighted by Gasteiger charge is 2.59. The van der Waals surface area contributed by atoms with E-state index in [1.807, 2.05) is 0 Å². The second-order valence-corrected chi connectivity index (χ2v) is 10.8. The van der Waals surface area contributed by atoms with E-state index >= 15 is 0 Å². The van der Waals surface area contributed by atoms with Gasteiger partial charge in [-0.15, -0.1) is 0 Å². The summed E-state index contributed by atoms with van der Waals surface area (Å²) >= 11 is 0. The molecule has 0 unspecified atom stereocenters. The second-order valence-electron chi connectivity index (χ2n) is 10.8. The quantitative estimate of drug-likeness (QED) is 0.641. The van der Waals surface area contributed by atoms with Gasteiger partial charge in [0.25, 0.3) is 0 Å². The van der Waals surface area contributed by atoms with Gasteiger partial charge in [-0.2, -0.15) is 0 Å². The number of ketones is 1. The van der Waals surface area contributed by atoms with Crippen LogP contribution in [0.3, 0.4) is 0 Å². The molecule has 30 heavy (non-hydrogen) atoms. The molecule has 3 fully saturated rings. The van der Waals surface area contributed by atoms with Gasteiger partial charge in [-0.05, 0) is 105 Å². The number of carbonyl (C=O) groups is 3. The SMILES string of the molecule is CC(=O)C1=CC[C@@H]2[C@H]3CC[C@H]4C[C@@H](OC(=O)CCC(=O)[O-])CC[C@]4(C)[C@@H]3CC[C@]12C. The van der Waals surface area contributed by atoms with Gasteiger partial charge in [0.15, 0.2) is 5.78 Å². The molecule has 4 aliphatic rings. The van der Waals surface area contributed by atoms with E-state index in [-0.39, 0.29) is 35.6 Å². The van der Waals surface area contributed by atoms with Crippen molar-refractivity contribution < 1.29 is 24.2 Å². The van der Waals surface area contributed by atoms with E-state index in [2.05, 4.69) is 19.9 Å². The zero-order valence-corrected chi connectivity index (χ0v) is 18.6. The van der Waals surface area contributed by atoms with Crippen molar-refractivity contribution in [2.75, 3.05) is 0 Å². The monoisotopic (exact) mass is 415 g/mol. The largest absolute Gasteiger partial charge is 0.550 e. The Balaban J connectivity index is 1.42. The summed E-state index contributed by atoms with van der Waals surface area (Å²) in [6.45, 7) is 6.50. The van der Waals surface area contributed by atoms with Gasteiger partial charge < -0.3 is 14.6 Å². The fourth-order valence-corrected chi connectivity index (χ4v) is 7.89. The standard InChI is InChI=1S/C25H36O5/c1-15(26)19-6-7-20-18-5-4-16-14-17(30-23(29)9-8-22(27)28)10-12-24(16,2)21(18)11-13-25(19,20)3/h6,16-18,20-21H,4-5,7-14H2,1-3H3,(H,27,28)/p-1/t16-,17-,18+,20+,21+,24-,25+/m0/s1. The second kappa shape index (κ2) is 7.80. The predicted octanol–water partition coefficient (Wildman–Crippen LogP) is 3.60. The van der Waals surface area contributed by atoms with Gasteiger partial charge in [0.1, 0.15) is 6.10 Å². The molecule has 166 valence electrons. The lowest BCUT2D eigenvalue weighted by atomic mass is 9.44. The molecule has 3 saturated carbocycles. The average Bonchev–Trinajstić information content (AvgIpc) is 3.04. The zero-order valence-electron chi connectivity index (χ0n) is 18.6. The fraction of sp³-hybridized carbons (Fsp3) is 0.800. The molecular weight excluding hydrogens is 380 g/mol. The third-order valence-corrected chi connectivity index (χ3v) is 9.41. The molecule has 0 spiro atoms. The predicted molar refractivity (Wildman–Crippen MR) is 110 cm³/mol. The molecule has 0 aromatic carbocycles. The van der Waals surface area contributed by atoms with Crippen LogP contribution in [-0.2, 0) is 19.1 Å². The summed E-state index contributed by atoms with van der Waals surface area (Å²) < 4.78 is 5.62. The van der Waals surface area contributed by atoms with Crippen LogP contribution < -0.4 is 5.11 Å². The average molecular weight is 416 g/mol. The zero-order chi connectivity index (χ0) is 21.7. The first-order valence-electron chi connectivity index (χ1n) is 11.8. The Morgan fingerprint density at radius 2 is 1.83 bits per heavy atom. The van der Waals surface area contributed by atoms with E-state index < -0.39 is 11.9 Å². The van der Waals surface area contributed by atoms with Crippen LogP contribution in [0.25, 0.3) is 0 Å². The number of carboxylic acid groups (broad SMARTS) is 1. The van der Waals surface area contributed by atoms with Crippen molar-refractivity contribution in [1.29, 1.82) is 0 Å². The van der Waals surface area contributed by atoms with Gasteiger partial charge in [0.2, 0.25) is 0 Å². The number of allylic oxidation sites excluding steroid dienone is 2. The molecule has 5 nitrogen and oxygen atoms in total. The molecule has 4 aliphatic carbocycles. The maximum Gasteiger partial charge on any atom is 0.306 e. The lowest BCUT2D eigenvalue weighted by molar-refractivity contribution is -0.305. The van der Waals surface area contributed by atoms with Gasteiger partial charge in [0.05, 0.1) is 6.42 Å². The Hall–Kier alpha value is -1.65. The van der Waals surface area contributed by atoms with Crippen LogP contribution in [0.5, 0.6) is 0 Å². The first-order valence-corrected chi connectivity index (χ1v) is 11.8. The molecule has 0 aromatic rings. The summed E-state index contributed by atoms with van der Waals surface area (Å²) in [6, 6.07) is 0. The van der Waals surface area contributed by atoms with Gasteiger partial charge in [-0.3, -0.25) is 9.59 Å². The Morgan fingerprint density at radius 1 is 1.07 bits per heavy atom. The third-order valence-electron chi connectivity index (χ3n) is 9.41. The minimum atomic E-state index is -1.21. The first-order chi connectivity index (χ1) is 14.1. The smallest absolute Gasteiger partial charge is 0.306 e. The van der Waals surface area contributed by atoms with E-state index in [0.29, 0.717) is 23.7 Å². The van der Waals surface area contributed by atoms with Crippen molar-refractivity contribution >= 4 is 17.7 Å². The summed E-state index contributed by atoms with van der Waals surface area (Å²) in [5.41, 5.74) is 1.41. The molecule has 4 rings (SSSR count). The van der Waals surface area contributed by atoms with Crippen molar-refractivity contribution in [1.82, 2.24) is 0 Å². The minimum Gasteiger partial charge on any atom is -0.550 e. The Kier molecular flexibility index (Phi) is 5.61. The third kappa shape index (κ3) is 3.52. The molecule has 0 radical (unpaired) electrons. The highest BCUT2D eigenvalue weighted by atomic mass is 16.5. The van der Waals surface area contributed by atoms with Crippen LogP contribution in [-0.4, -0.2) is 23.8 Å². The van der Waals surface area contributed by atoms with Crippen LogP contribution in [0, 0.1) is 34.5 Å². The number of esters is 1. The number of carboxylic acids is 1. The molecule has 0 aromatic heterocycles. The number of Topliss-reactive ketones (excluding diaryl/α,β-unsaturated/α-hetero) is 1.